The fourth-order valence-corrected chi connectivity index (χ4v) is 3.14. The molecule has 0 aromatic rings. The SMILES string of the molecule is CC(C)CCCCCC(=O)O.CC(C)CCCCCCC(=O)O.CCCCC(CC)C(=O)O.[Ce]. The summed E-state index contributed by atoms with van der Waals surface area (Å²) in [7, 11) is 0. The molecule has 0 aromatic heterocycles. The number of aliphatic carboxylic acids is 3. The van der Waals surface area contributed by atoms with Gasteiger partial charge in [-0.25, -0.2) is 0 Å². The van der Waals surface area contributed by atoms with Crippen molar-refractivity contribution in [2.75, 3.05) is 0 Å². The smallest absolute Gasteiger partial charge is 0.306 e. The molecule has 7 heteroatoms. The molecule has 0 aromatic carbocycles. The van der Waals surface area contributed by atoms with Crippen molar-refractivity contribution in [1.82, 2.24) is 0 Å². The van der Waals surface area contributed by atoms with Gasteiger partial charge in [0.25, 0.3) is 0 Å². The number of carbonyl (C=O) groups is 3. The number of hydrogen-bond donors (Lipinski definition) is 3. The summed E-state index contributed by atoms with van der Waals surface area (Å²) in [6.07, 6.45) is 14.3. The van der Waals surface area contributed by atoms with Gasteiger partial charge in [-0.05, 0) is 37.5 Å². The predicted molar refractivity (Wildman–Crippen MR) is 137 cm³/mol. The van der Waals surface area contributed by atoms with Crippen molar-refractivity contribution in [3.63, 3.8) is 0 Å². The summed E-state index contributed by atoms with van der Waals surface area (Å²) in [5.74, 6) is -0.561. The molecule has 202 valence electrons. The maximum Gasteiger partial charge on any atom is 0.306 e. The number of unbranched alkanes of at least 4 members (excludes halogenated alkanes) is 6. The van der Waals surface area contributed by atoms with E-state index in [0.29, 0.717) is 12.8 Å². The van der Waals surface area contributed by atoms with Gasteiger partial charge in [-0.3, -0.25) is 14.4 Å². The Morgan fingerprint density at radius 3 is 1.26 bits per heavy atom. The fourth-order valence-electron chi connectivity index (χ4n) is 3.14. The van der Waals surface area contributed by atoms with Gasteiger partial charge >= 0.3 is 17.9 Å². The molecule has 0 bridgehead atoms. The van der Waals surface area contributed by atoms with Crippen LogP contribution in [0.4, 0.5) is 0 Å². The van der Waals surface area contributed by atoms with Crippen molar-refractivity contribution in [3.05, 3.63) is 0 Å². The number of hydrogen-bond acceptors (Lipinski definition) is 3. The molecule has 1 atom stereocenters. The van der Waals surface area contributed by atoms with Gasteiger partial charge < -0.3 is 15.3 Å². The van der Waals surface area contributed by atoms with Crippen LogP contribution in [0.5, 0.6) is 0 Å². The van der Waals surface area contributed by atoms with Crippen molar-refractivity contribution in [2.45, 2.75) is 138 Å². The zero-order chi connectivity index (χ0) is 26.1. The van der Waals surface area contributed by atoms with Crippen LogP contribution in [0.25, 0.3) is 0 Å². The van der Waals surface area contributed by atoms with E-state index in [9.17, 15) is 14.4 Å². The van der Waals surface area contributed by atoms with Crippen molar-refractivity contribution < 1.29 is 71.5 Å². The fraction of sp³-hybridized carbons (Fsp3) is 0.889. The molecular formula is C27H54CeO6. The molecule has 0 aliphatic rings. The van der Waals surface area contributed by atoms with Gasteiger partial charge in [0.15, 0.2) is 0 Å². The summed E-state index contributed by atoms with van der Waals surface area (Å²) >= 11 is 0. The Morgan fingerprint density at radius 1 is 0.588 bits per heavy atom. The van der Waals surface area contributed by atoms with Crippen LogP contribution in [0.3, 0.4) is 0 Å². The summed E-state index contributed by atoms with van der Waals surface area (Å²) in [4.78, 5) is 30.7. The van der Waals surface area contributed by atoms with E-state index in [2.05, 4.69) is 34.6 Å². The Balaban J connectivity index is -0.000000196. The monoisotopic (exact) mass is 614 g/mol. The summed E-state index contributed by atoms with van der Waals surface area (Å²) in [6.45, 7) is 12.8. The maximum atomic E-state index is 10.4. The molecule has 0 amide bonds. The first-order valence-corrected chi connectivity index (χ1v) is 13.1. The molecule has 0 aliphatic heterocycles. The van der Waals surface area contributed by atoms with Crippen LogP contribution in [-0.2, 0) is 14.4 Å². The second-order valence-electron chi connectivity index (χ2n) is 9.71. The average Bonchev–Trinajstić information content (AvgIpc) is 2.71. The maximum absolute atomic E-state index is 10.4. The van der Waals surface area contributed by atoms with E-state index in [1.807, 2.05) is 6.92 Å². The summed E-state index contributed by atoms with van der Waals surface area (Å²) in [6, 6.07) is 0. The Hall–Kier alpha value is -0.213. The molecule has 0 saturated heterocycles. The third-order valence-corrected chi connectivity index (χ3v) is 5.34. The van der Waals surface area contributed by atoms with Gasteiger partial charge in [0, 0.05) is 54.6 Å². The average molecular weight is 615 g/mol. The van der Waals surface area contributed by atoms with Crippen LogP contribution < -0.4 is 0 Å². The first-order chi connectivity index (χ1) is 15.5. The van der Waals surface area contributed by atoms with E-state index < -0.39 is 17.9 Å². The molecule has 0 radical (unpaired) electrons. The quantitative estimate of drug-likeness (QED) is 0.135. The molecule has 6 nitrogen and oxygen atoms in total. The third-order valence-electron chi connectivity index (χ3n) is 5.34. The van der Waals surface area contributed by atoms with Crippen LogP contribution in [0.2, 0.25) is 0 Å². The normalized spacial score (nSPS) is 10.9. The third kappa shape index (κ3) is 42.0. The van der Waals surface area contributed by atoms with E-state index in [1.165, 1.54) is 32.1 Å². The van der Waals surface area contributed by atoms with Crippen LogP contribution >= 0.6 is 0 Å². The van der Waals surface area contributed by atoms with Gasteiger partial charge in [-0.2, -0.15) is 0 Å². The van der Waals surface area contributed by atoms with E-state index in [0.717, 1.165) is 63.2 Å². The van der Waals surface area contributed by atoms with Gasteiger partial charge in [0.2, 0.25) is 0 Å². The Labute approximate surface area is 243 Å². The van der Waals surface area contributed by atoms with E-state index in [-0.39, 0.29) is 47.7 Å². The van der Waals surface area contributed by atoms with Gasteiger partial charge in [0.05, 0.1) is 5.92 Å². The van der Waals surface area contributed by atoms with E-state index >= 15 is 0 Å². The van der Waals surface area contributed by atoms with E-state index in [1.54, 1.807) is 0 Å². The molecule has 3 N–H and O–H groups in total. The van der Waals surface area contributed by atoms with Gasteiger partial charge in [-0.15, -0.1) is 0 Å². The summed E-state index contributed by atoms with van der Waals surface area (Å²) in [5.41, 5.74) is 0. The topological polar surface area (TPSA) is 112 Å². The zero-order valence-corrected chi connectivity index (χ0v) is 26.0. The Kier molecular flexibility index (Phi) is 37.1. The molecule has 1 unspecified atom stereocenters. The molecule has 0 spiro atoms. The van der Waals surface area contributed by atoms with Crippen molar-refractivity contribution in [3.8, 4) is 0 Å². The summed E-state index contributed by atoms with van der Waals surface area (Å²) in [5, 5.41) is 25.3. The van der Waals surface area contributed by atoms with Crippen molar-refractivity contribution in [2.24, 2.45) is 17.8 Å². The van der Waals surface area contributed by atoms with Crippen LogP contribution in [0.1, 0.15) is 138 Å². The number of carboxylic acid groups (broad SMARTS) is 3. The standard InChI is InChI=1S/C10H20O2.C9H18O2.C8H16O2.Ce/c1-9(2)7-5-3-4-6-8-10(11)12;1-8(2)6-4-3-5-7-9(10)11;1-3-5-6-7(4-2)8(9)10;/h9H,3-8H2,1-2H3,(H,11,12);8H,3-7H2,1-2H3,(H,10,11);7H,3-6H2,1-2H3,(H,9,10);. The van der Waals surface area contributed by atoms with Gasteiger partial charge in [0.1, 0.15) is 0 Å². The number of carboxylic acids is 3. The first kappa shape index (κ1) is 40.9. The summed E-state index contributed by atoms with van der Waals surface area (Å²) < 4.78 is 0. The second kappa shape index (κ2) is 30.8. The molecule has 0 saturated carbocycles. The molecular weight excluding hydrogens is 560 g/mol. The molecule has 0 heterocycles. The van der Waals surface area contributed by atoms with Crippen LogP contribution in [0.15, 0.2) is 0 Å². The molecule has 0 aliphatic carbocycles. The largest absolute Gasteiger partial charge is 0.481 e. The Bertz CT molecular complexity index is 466. The predicted octanol–water partition coefficient (Wildman–Crippen LogP) is 8.03. The minimum atomic E-state index is -0.672. The van der Waals surface area contributed by atoms with E-state index in [4.69, 9.17) is 15.3 Å². The zero-order valence-electron chi connectivity index (χ0n) is 22.9. The number of rotatable bonds is 18. The first-order valence-electron chi connectivity index (χ1n) is 13.1. The Morgan fingerprint density at radius 2 is 0.971 bits per heavy atom. The molecule has 34 heavy (non-hydrogen) atoms. The van der Waals surface area contributed by atoms with Crippen molar-refractivity contribution >= 4 is 17.9 Å². The minimum absolute atomic E-state index is 0. The van der Waals surface area contributed by atoms with Crippen LogP contribution in [0, 0.1) is 59.5 Å². The minimum Gasteiger partial charge on any atom is -0.481 e. The molecule has 0 rings (SSSR count). The van der Waals surface area contributed by atoms with Crippen molar-refractivity contribution in [1.29, 1.82) is 0 Å². The second-order valence-corrected chi connectivity index (χ2v) is 9.71. The van der Waals surface area contributed by atoms with Gasteiger partial charge in [-0.1, -0.05) is 99.3 Å². The molecule has 0 fully saturated rings. The van der Waals surface area contributed by atoms with Crippen LogP contribution in [-0.4, -0.2) is 33.2 Å².